The van der Waals surface area contributed by atoms with Crippen LogP contribution < -0.4 is 5.32 Å². The monoisotopic (exact) mass is 569 g/mol. The van der Waals surface area contributed by atoms with Crippen LogP contribution in [0, 0.1) is 13.8 Å². The molecule has 1 atom stereocenters. The number of H-pyrrole nitrogens is 1. The van der Waals surface area contributed by atoms with Gasteiger partial charge in [-0.25, -0.2) is 18.4 Å². The number of amidine groups is 1. The van der Waals surface area contributed by atoms with E-state index in [1.807, 2.05) is 6.20 Å². The van der Waals surface area contributed by atoms with E-state index >= 15 is 0 Å². The molecule has 0 bridgehead atoms. The minimum atomic E-state index is -3.14. The second kappa shape index (κ2) is 10.7. The molecule has 0 spiro atoms. The second-order valence-electron chi connectivity index (χ2n) is 10.4. The second-order valence-corrected chi connectivity index (χ2v) is 13.5. The number of rotatable bonds is 5. The van der Waals surface area contributed by atoms with E-state index in [-0.39, 0.29) is 6.17 Å². The molecule has 0 saturated carbocycles. The van der Waals surface area contributed by atoms with Crippen LogP contribution >= 0.6 is 11.3 Å². The van der Waals surface area contributed by atoms with Crippen molar-refractivity contribution in [2.75, 3.05) is 64.1 Å². The Bertz CT molecular complexity index is 1480. The van der Waals surface area contributed by atoms with Gasteiger partial charge < -0.3 is 19.9 Å². The number of aryl methyl sites for hydroxylation is 1. The molecule has 2 saturated heterocycles. The SMILES string of the molecule is Cc1cccc(-c2cnc(C3N=C(N4CCOCC4)c4sc(CN5CCN(S(C)(=O)=O)CC5)c(C)c4N3)[nH]2)c1. The van der Waals surface area contributed by atoms with E-state index in [4.69, 9.17) is 14.7 Å². The fourth-order valence-electron chi connectivity index (χ4n) is 5.38. The maximum Gasteiger partial charge on any atom is 0.211 e. The zero-order valence-corrected chi connectivity index (χ0v) is 24.2. The number of hydrogen-bond donors (Lipinski definition) is 2. The fraction of sp³-hybridized carbons (Fsp3) is 0.481. The number of anilines is 1. The van der Waals surface area contributed by atoms with Crippen molar-refractivity contribution in [2.24, 2.45) is 4.99 Å². The summed E-state index contributed by atoms with van der Waals surface area (Å²) in [7, 11) is -3.14. The highest BCUT2D eigenvalue weighted by Gasteiger charge is 2.33. The number of thiophene rings is 1. The van der Waals surface area contributed by atoms with Crippen LogP contribution in [0.5, 0.6) is 0 Å². The van der Waals surface area contributed by atoms with Crippen LogP contribution in [0.25, 0.3) is 11.3 Å². The number of aromatic nitrogens is 2. The Hall–Kier alpha value is -2.77. The first-order valence-electron chi connectivity index (χ1n) is 13.4. The summed E-state index contributed by atoms with van der Waals surface area (Å²) in [4.78, 5) is 20.5. The number of sulfonamides is 1. The Morgan fingerprint density at radius 1 is 1.10 bits per heavy atom. The van der Waals surface area contributed by atoms with Crippen molar-refractivity contribution in [3.63, 3.8) is 0 Å². The maximum atomic E-state index is 11.9. The topological polar surface area (TPSA) is 106 Å². The molecular formula is C27H35N7O3S2. The first kappa shape index (κ1) is 26.5. The van der Waals surface area contributed by atoms with Gasteiger partial charge >= 0.3 is 0 Å². The molecule has 2 aromatic heterocycles. The molecule has 3 aliphatic heterocycles. The zero-order chi connectivity index (χ0) is 27.1. The third kappa shape index (κ3) is 5.48. The van der Waals surface area contributed by atoms with Crippen LogP contribution in [0.3, 0.4) is 0 Å². The van der Waals surface area contributed by atoms with Crippen LogP contribution in [0.4, 0.5) is 5.69 Å². The van der Waals surface area contributed by atoms with Gasteiger partial charge in [0, 0.05) is 50.7 Å². The van der Waals surface area contributed by atoms with Gasteiger partial charge in [-0.2, -0.15) is 4.31 Å². The molecule has 12 heteroatoms. The van der Waals surface area contributed by atoms with Gasteiger partial charge in [-0.1, -0.05) is 23.8 Å². The number of ether oxygens (including phenoxy) is 1. The van der Waals surface area contributed by atoms with Gasteiger partial charge in [0.2, 0.25) is 10.0 Å². The van der Waals surface area contributed by atoms with Crippen LogP contribution in [-0.4, -0.2) is 97.1 Å². The maximum absolute atomic E-state index is 11.9. The zero-order valence-electron chi connectivity index (χ0n) is 22.6. The average molecular weight is 570 g/mol. The normalized spacial score (nSPS) is 20.9. The Morgan fingerprint density at radius 2 is 1.87 bits per heavy atom. The lowest BCUT2D eigenvalue weighted by Crippen LogP contribution is -2.47. The minimum Gasteiger partial charge on any atom is -0.378 e. The van der Waals surface area contributed by atoms with E-state index in [0.29, 0.717) is 26.3 Å². The number of fused-ring (bicyclic) bond motifs is 1. The molecule has 208 valence electrons. The molecule has 3 aromatic rings. The highest BCUT2D eigenvalue weighted by Crippen LogP contribution is 2.41. The molecule has 2 fully saturated rings. The number of hydrogen-bond acceptors (Lipinski definition) is 9. The number of aliphatic imine (C=N–C) groups is 1. The van der Waals surface area contributed by atoms with Gasteiger partial charge in [0.1, 0.15) is 5.84 Å². The number of benzene rings is 1. The molecule has 2 N–H and O–H groups in total. The van der Waals surface area contributed by atoms with Crippen molar-refractivity contribution < 1.29 is 13.2 Å². The first-order chi connectivity index (χ1) is 18.8. The summed E-state index contributed by atoms with van der Waals surface area (Å²) in [5, 5.41) is 3.68. The van der Waals surface area contributed by atoms with Crippen molar-refractivity contribution in [1.82, 2.24) is 24.1 Å². The molecule has 5 heterocycles. The Labute approximate surface area is 233 Å². The van der Waals surface area contributed by atoms with Gasteiger partial charge in [-0.05, 0) is 31.0 Å². The summed E-state index contributed by atoms with van der Waals surface area (Å²) >= 11 is 1.78. The minimum absolute atomic E-state index is 0.326. The molecule has 39 heavy (non-hydrogen) atoms. The summed E-state index contributed by atoms with van der Waals surface area (Å²) in [6.07, 6.45) is 2.85. The van der Waals surface area contributed by atoms with E-state index in [1.54, 1.807) is 15.6 Å². The predicted molar refractivity (Wildman–Crippen MR) is 155 cm³/mol. The number of piperazine rings is 1. The van der Waals surface area contributed by atoms with Crippen molar-refractivity contribution in [1.29, 1.82) is 0 Å². The third-order valence-electron chi connectivity index (χ3n) is 7.64. The highest BCUT2D eigenvalue weighted by atomic mass is 32.2. The number of nitrogens with one attached hydrogen (secondary N) is 2. The average Bonchev–Trinajstić information content (AvgIpc) is 3.54. The lowest BCUT2D eigenvalue weighted by Gasteiger charge is -2.33. The largest absolute Gasteiger partial charge is 0.378 e. The van der Waals surface area contributed by atoms with Crippen LogP contribution in [0.2, 0.25) is 0 Å². The Kier molecular flexibility index (Phi) is 7.23. The van der Waals surface area contributed by atoms with Gasteiger partial charge in [0.05, 0.1) is 41.9 Å². The van der Waals surface area contributed by atoms with Gasteiger partial charge in [-0.3, -0.25) is 4.90 Å². The lowest BCUT2D eigenvalue weighted by molar-refractivity contribution is 0.0681. The molecule has 3 aliphatic rings. The van der Waals surface area contributed by atoms with E-state index in [0.717, 1.165) is 66.2 Å². The smallest absolute Gasteiger partial charge is 0.211 e. The third-order valence-corrected chi connectivity index (χ3v) is 10.2. The number of nitrogens with zero attached hydrogens (tertiary/aromatic N) is 5. The summed E-state index contributed by atoms with van der Waals surface area (Å²) in [6, 6.07) is 8.38. The van der Waals surface area contributed by atoms with Gasteiger partial charge in [0.15, 0.2) is 12.0 Å². The van der Waals surface area contributed by atoms with Gasteiger partial charge in [-0.15, -0.1) is 11.3 Å². The molecule has 1 aromatic carbocycles. The van der Waals surface area contributed by atoms with E-state index in [9.17, 15) is 8.42 Å². The standard InChI is InChI=1S/C27H35N7O3S2/c1-18-5-4-6-20(15-18)21-16-28-25(29-21)26-30-23-19(2)22(17-32-7-9-34(10-8-32)39(3,35)36)38-24(23)27(31-26)33-11-13-37-14-12-33/h4-6,15-16,26,30H,7-14,17H2,1-3H3,(H,28,29). The lowest BCUT2D eigenvalue weighted by atomic mass is 10.1. The van der Waals surface area contributed by atoms with Crippen LogP contribution in [-0.2, 0) is 21.3 Å². The highest BCUT2D eigenvalue weighted by molar-refractivity contribution is 7.88. The molecule has 0 amide bonds. The van der Waals surface area contributed by atoms with Crippen molar-refractivity contribution in [3.8, 4) is 11.3 Å². The fourth-order valence-corrected chi connectivity index (χ4v) is 7.54. The molecular weight excluding hydrogens is 534 g/mol. The van der Waals surface area contributed by atoms with E-state index < -0.39 is 10.0 Å². The van der Waals surface area contributed by atoms with Gasteiger partial charge in [0.25, 0.3) is 0 Å². The quantitative estimate of drug-likeness (QED) is 0.487. The first-order valence-corrected chi connectivity index (χ1v) is 16.0. The van der Waals surface area contributed by atoms with Crippen molar-refractivity contribution in [3.05, 3.63) is 57.2 Å². The van der Waals surface area contributed by atoms with E-state index in [2.05, 4.69) is 58.2 Å². The summed E-state index contributed by atoms with van der Waals surface area (Å²) in [5.41, 5.74) is 5.61. The molecule has 10 nitrogen and oxygen atoms in total. The summed E-state index contributed by atoms with van der Waals surface area (Å²) in [5.74, 6) is 1.78. The van der Waals surface area contributed by atoms with Crippen molar-refractivity contribution in [2.45, 2.75) is 26.6 Å². The molecule has 0 aliphatic carbocycles. The van der Waals surface area contributed by atoms with Crippen LogP contribution in [0.1, 0.15) is 32.9 Å². The number of aromatic amines is 1. The summed E-state index contributed by atoms with van der Waals surface area (Å²) < 4.78 is 31.1. The van der Waals surface area contributed by atoms with E-state index in [1.165, 1.54) is 22.3 Å². The summed E-state index contributed by atoms with van der Waals surface area (Å²) in [6.45, 7) is 10.6. The van der Waals surface area contributed by atoms with Crippen LogP contribution in [0.15, 0.2) is 35.5 Å². The predicted octanol–water partition coefficient (Wildman–Crippen LogP) is 3.04. The van der Waals surface area contributed by atoms with Crippen molar-refractivity contribution >= 4 is 32.9 Å². The number of morpholine rings is 1. The number of imidazole rings is 1. The Morgan fingerprint density at radius 3 is 2.59 bits per heavy atom. The molecule has 6 rings (SSSR count). The molecule has 1 unspecified atom stereocenters. The molecule has 0 radical (unpaired) electrons. The Balaban J connectivity index is 1.28.